The Bertz CT molecular complexity index is 3510. The Labute approximate surface area is 380 Å². The minimum Gasteiger partial charge on any atom is -0.311 e. The Balaban J connectivity index is 0.949. The molecule has 0 saturated carbocycles. The zero-order valence-electron chi connectivity index (χ0n) is 34.8. The van der Waals surface area contributed by atoms with Crippen molar-refractivity contribution < 1.29 is 0 Å². The first-order valence-electron chi connectivity index (χ1n) is 21.9. The lowest BCUT2D eigenvalue weighted by Gasteiger charge is -2.34. The standard InChI is InChI=1S/C61H39NS2/c1-2-14-42(15-3-1)61(55-24-8-4-16-49(55)50-17-5-9-25-56(50)61)43-32-38-46(39-33-43)62(44-34-28-40(29-35-44)47-20-12-22-53-51-18-6-10-26-57(51)63-59(47)53)45-36-30-41(31-37-45)48-21-13-23-54-52-19-7-11-27-58(52)64-60(48)54/h1-39H. The van der Waals surface area contributed by atoms with Gasteiger partial charge in [-0.05, 0) is 104 Å². The fourth-order valence-electron chi connectivity index (χ4n) is 10.5. The minimum absolute atomic E-state index is 0.456. The van der Waals surface area contributed by atoms with Gasteiger partial charge >= 0.3 is 0 Å². The van der Waals surface area contributed by atoms with Crippen LogP contribution in [0.5, 0.6) is 0 Å². The van der Waals surface area contributed by atoms with Gasteiger partial charge in [0.2, 0.25) is 0 Å². The molecule has 10 aromatic carbocycles. The summed E-state index contributed by atoms with van der Waals surface area (Å²) in [5.74, 6) is 0. The lowest BCUT2D eigenvalue weighted by Crippen LogP contribution is -2.28. The Hall–Kier alpha value is -7.56. The fraction of sp³-hybridized carbons (Fsp3) is 0.0164. The van der Waals surface area contributed by atoms with Gasteiger partial charge in [-0.2, -0.15) is 0 Å². The molecule has 64 heavy (non-hydrogen) atoms. The van der Waals surface area contributed by atoms with Gasteiger partial charge in [-0.3, -0.25) is 0 Å². The number of thiophene rings is 2. The quantitative estimate of drug-likeness (QED) is 0.154. The lowest BCUT2D eigenvalue weighted by molar-refractivity contribution is 0.768. The van der Waals surface area contributed by atoms with Crippen LogP contribution in [-0.4, -0.2) is 0 Å². The lowest BCUT2D eigenvalue weighted by atomic mass is 9.68. The van der Waals surface area contributed by atoms with Crippen LogP contribution in [0, 0.1) is 0 Å². The van der Waals surface area contributed by atoms with E-state index < -0.39 is 5.41 Å². The predicted octanol–water partition coefficient (Wildman–Crippen LogP) is 17.6. The van der Waals surface area contributed by atoms with Crippen LogP contribution in [0.3, 0.4) is 0 Å². The Morgan fingerprint density at radius 2 is 0.656 bits per heavy atom. The topological polar surface area (TPSA) is 3.24 Å². The first kappa shape index (κ1) is 37.0. The van der Waals surface area contributed by atoms with Crippen molar-refractivity contribution in [2.75, 3.05) is 4.90 Å². The van der Waals surface area contributed by atoms with E-state index in [-0.39, 0.29) is 0 Å². The molecule has 0 N–H and O–H groups in total. The van der Waals surface area contributed by atoms with Crippen molar-refractivity contribution in [2.24, 2.45) is 0 Å². The molecule has 1 nitrogen and oxygen atoms in total. The number of anilines is 3. The molecule has 0 unspecified atom stereocenters. The number of hydrogen-bond acceptors (Lipinski definition) is 3. The summed E-state index contributed by atoms with van der Waals surface area (Å²) in [7, 11) is 0. The van der Waals surface area contributed by atoms with Gasteiger partial charge in [0.1, 0.15) is 0 Å². The SMILES string of the molecule is c1ccc(C2(c3ccc(N(c4ccc(-c5cccc6c5sc5ccccc56)cc4)c4ccc(-c5cccc6c5sc5ccccc56)cc4)cc3)c3ccccc3-c3ccccc32)cc1. The van der Waals surface area contributed by atoms with Crippen LogP contribution >= 0.6 is 22.7 Å². The molecule has 0 aliphatic heterocycles. The molecule has 1 aliphatic rings. The van der Waals surface area contributed by atoms with E-state index in [9.17, 15) is 0 Å². The van der Waals surface area contributed by atoms with Crippen LogP contribution in [0.4, 0.5) is 17.1 Å². The van der Waals surface area contributed by atoms with E-state index in [1.807, 2.05) is 22.7 Å². The third-order valence-electron chi connectivity index (χ3n) is 13.4. The molecule has 0 saturated heterocycles. The van der Waals surface area contributed by atoms with Crippen LogP contribution in [0.25, 0.3) is 73.7 Å². The largest absolute Gasteiger partial charge is 0.311 e. The van der Waals surface area contributed by atoms with Crippen molar-refractivity contribution in [3.8, 4) is 33.4 Å². The highest BCUT2D eigenvalue weighted by Crippen LogP contribution is 2.56. The molecule has 0 radical (unpaired) electrons. The van der Waals surface area contributed by atoms with Gasteiger partial charge in [0.15, 0.2) is 0 Å². The zero-order valence-corrected chi connectivity index (χ0v) is 36.4. The first-order valence-corrected chi connectivity index (χ1v) is 23.5. The Morgan fingerprint density at radius 3 is 1.16 bits per heavy atom. The molecule has 12 aromatic rings. The molecule has 300 valence electrons. The number of rotatable bonds is 7. The molecule has 0 bridgehead atoms. The van der Waals surface area contributed by atoms with Gasteiger partial charge in [-0.1, -0.05) is 188 Å². The molecule has 1 aliphatic carbocycles. The van der Waals surface area contributed by atoms with Gasteiger partial charge in [-0.15, -0.1) is 22.7 Å². The molecule has 13 rings (SSSR count). The second-order valence-corrected chi connectivity index (χ2v) is 18.8. The van der Waals surface area contributed by atoms with E-state index in [1.165, 1.54) is 96.0 Å². The van der Waals surface area contributed by atoms with Crippen molar-refractivity contribution in [1.29, 1.82) is 0 Å². The number of fused-ring (bicyclic) bond motifs is 9. The second kappa shape index (κ2) is 14.8. The van der Waals surface area contributed by atoms with Gasteiger partial charge in [0.05, 0.1) is 5.41 Å². The monoisotopic (exact) mass is 849 g/mol. The first-order chi connectivity index (χ1) is 31.7. The third-order valence-corrected chi connectivity index (χ3v) is 15.8. The van der Waals surface area contributed by atoms with Crippen molar-refractivity contribution in [3.05, 3.63) is 259 Å². The second-order valence-electron chi connectivity index (χ2n) is 16.7. The number of nitrogens with zero attached hydrogens (tertiary/aromatic N) is 1. The van der Waals surface area contributed by atoms with Crippen LogP contribution in [0.15, 0.2) is 237 Å². The third kappa shape index (κ3) is 5.61. The van der Waals surface area contributed by atoms with Crippen LogP contribution in [0.2, 0.25) is 0 Å². The summed E-state index contributed by atoms with van der Waals surface area (Å²) in [6, 6.07) is 87.6. The van der Waals surface area contributed by atoms with Gasteiger partial charge in [-0.25, -0.2) is 0 Å². The summed E-state index contributed by atoms with van der Waals surface area (Å²) >= 11 is 3.76. The number of hydrogen-bond donors (Lipinski definition) is 0. The molecular formula is C61H39NS2. The molecule has 0 spiro atoms. The molecule has 0 amide bonds. The molecule has 2 heterocycles. The predicted molar refractivity (Wildman–Crippen MR) is 275 cm³/mol. The fourth-order valence-corrected chi connectivity index (χ4v) is 13.0. The highest BCUT2D eigenvalue weighted by molar-refractivity contribution is 7.26. The maximum Gasteiger partial charge on any atom is 0.0713 e. The molecule has 3 heteroatoms. The summed E-state index contributed by atoms with van der Waals surface area (Å²) in [6.07, 6.45) is 0. The summed E-state index contributed by atoms with van der Waals surface area (Å²) in [6.45, 7) is 0. The average Bonchev–Trinajstić information content (AvgIpc) is 4.04. The Morgan fingerprint density at radius 1 is 0.281 bits per heavy atom. The molecular weight excluding hydrogens is 811 g/mol. The summed E-state index contributed by atoms with van der Waals surface area (Å²) in [5, 5.41) is 5.27. The summed E-state index contributed by atoms with van der Waals surface area (Å²) in [5.41, 5.74) is 15.6. The van der Waals surface area contributed by atoms with Crippen molar-refractivity contribution in [2.45, 2.75) is 5.41 Å². The average molecular weight is 850 g/mol. The zero-order chi connectivity index (χ0) is 42.2. The van der Waals surface area contributed by atoms with Crippen molar-refractivity contribution >= 4 is 80.1 Å². The molecule has 0 fully saturated rings. The summed E-state index contributed by atoms with van der Waals surface area (Å²) < 4.78 is 5.30. The summed E-state index contributed by atoms with van der Waals surface area (Å²) in [4.78, 5) is 2.41. The minimum atomic E-state index is -0.456. The van der Waals surface area contributed by atoms with E-state index >= 15 is 0 Å². The van der Waals surface area contributed by atoms with Crippen molar-refractivity contribution in [3.63, 3.8) is 0 Å². The normalized spacial score (nSPS) is 12.8. The highest BCUT2D eigenvalue weighted by atomic mass is 32.1. The van der Waals surface area contributed by atoms with Crippen LogP contribution in [-0.2, 0) is 5.41 Å². The van der Waals surface area contributed by atoms with E-state index in [0.29, 0.717) is 0 Å². The van der Waals surface area contributed by atoms with Crippen LogP contribution < -0.4 is 4.90 Å². The van der Waals surface area contributed by atoms with E-state index in [0.717, 1.165) is 17.1 Å². The van der Waals surface area contributed by atoms with E-state index in [2.05, 4.69) is 241 Å². The molecule has 2 aromatic heterocycles. The van der Waals surface area contributed by atoms with Crippen molar-refractivity contribution in [1.82, 2.24) is 0 Å². The van der Waals surface area contributed by atoms with Gasteiger partial charge in [0.25, 0.3) is 0 Å². The van der Waals surface area contributed by atoms with Gasteiger partial charge in [0, 0.05) is 57.4 Å². The van der Waals surface area contributed by atoms with Gasteiger partial charge < -0.3 is 4.90 Å². The Kier molecular flexibility index (Phi) is 8.55. The molecule has 0 atom stereocenters. The smallest absolute Gasteiger partial charge is 0.0713 e. The van der Waals surface area contributed by atoms with E-state index in [4.69, 9.17) is 0 Å². The van der Waals surface area contributed by atoms with Crippen LogP contribution in [0.1, 0.15) is 22.3 Å². The highest BCUT2D eigenvalue weighted by Gasteiger charge is 2.45. The number of benzene rings is 10. The van der Waals surface area contributed by atoms with E-state index in [1.54, 1.807) is 0 Å². The maximum absolute atomic E-state index is 2.41. The maximum atomic E-state index is 2.41.